The van der Waals surface area contributed by atoms with E-state index in [0.29, 0.717) is 0 Å². The van der Waals surface area contributed by atoms with Crippen molar-refractivity contribution in [3.8, 4) is 12.3 Å². The molecule has 0 aromatic heterocycles. The third-order valence-electron chi connectivity index (χ3n) is 2.28. The maximum atomic E-state index is 5.62. The summed E-state index contributed by atoms with van der Waals surface area (Å²) >= 11 is 0. The van der Waals surface area contributed by atoms with Crippen molar-refractivity contribution in [1.29, 1.82) is 0 Å². The molecular formula is C9H15N. The number of nitrogens with two attached hydrogens (primary N) is 1. The van der Waals surface area contributed by atoms with Crippen LogP contribution >= 0.6 is 0 Å². The second-order valence-corrected chi connectivity index (χ2v) is 3.16. The van der Waals surface area contributed by atoms with Gasteiger partial charge in [-0.1, -0.05) is 31.6 Å². The highest BCUT2D eigenvalue weighted by atomic mass is 14.6. The number of hydrogen-bond donors (Lipinski definition) is 1. The summed E-state index contributed by atoms with van der Waals surface area (Å²) in [6.45, 7) is 0. The highest BCUT2D eigenvalue weighted by molar-refractivity contribution is 4.97. The molecule has 56 valence electrons. The van der Waals surface area contributed by atoms with E-state index >= 15 is 0 Å². The van der Waals surface area contributed by atoms with Gasteiger partial charge in [-0.25, -0.2) is 0 Å². The van der Waals surface area contributed by atoms with Crippen LogP contribution in [0, 0.1) is 18.3 Å². The summed E-state index contributed by atoms with van der Waals surface area (Å²) in [5.41, 5.74) is 5.62. The molecule has 1 rings (SSSR count). The topological polar surface area (TPSA) is 26.0 Å². The SMILES string of the molecule is C#CC(N)CC1CCCC1. The molecule has 2 N–H and O–H groups in total. The Hall–Kier alpha value is -0.480. The Kier molecular flexibility index (Phi) is 2.77. The third-order valence-corrected chi connectivity index (χ3v) is 2.28. The summed E-state index contributed by atoms with van der Waals surface area (Å²) in [6, 6.07) is 0.00287. The van der Waals surface area contributed by atoms with Gasteiger partial charge in [-0.05, 0) is 12.3 Å². The first-order valence-electron chi connectivity index (χ1n) is 4.04. The van der Waals surface area contributed by atoms with Crippen LogP contribution in [0.3, 0.4) is 0 Å². The smallest absolute Gasteiger partial charge is 0.0664 e. The molecule has 0 heterocycles. The zero-order valence-electron chi connectivity index (χ0n) is 6.34. The molecule has 1 nitrogen and oxygen atoms in total. The van der Waals surface area contributed by atoms with Gasteiger partial charge in [0.25, 0.3) is 0 Å². The van der Waals surface area contributed by atoms with E-state index in [1.807, 2.05) is 0 Å². The molecule has 0 amide bonds. The zero-order chi connectivity index (χ0) is 7.40. The second kappa shape index (κ2) is 3.63. The summed E-state index contributed by atoms with van der Waals surface area (Å²) in [5.74, 6) is 3.39. The van der Waals surface area contributed by atoms with E-state index in [1.54, 1.807) is 0 Å². The first kappa shape index (κ1) is 7.63. The van der Waals surface area contributed by atoms with Crippen molar-refractivity contribution in [2.24, 2.45) is 11.7 Å². The third kappa shape index (κ3) is 2.04. The highest BCUT2D eigenvalue weighted by Crippen LogP contribution is 2.27. The van der Waals surface area contributed by atoms with Gasteiger partial charge in [-0.3, -0.25) is 0 Å². The average Bonchev–Trinajstić information content (AvgIpc) is 2.40. The Morgan fingerprint density at radius 3 is 2.60 bits per heavy atom. The van der Waals surface area contributed by atoms with Crippen molar-refractivity contribution >= 4 is 0 Å². The fourth-order valence-corrected chi connectivity index (χ4v) is 1.67. The van der Waals surface area contributed by atoms with Gasteiger partial charge in [0.05, 0.1) is 6.04 Å². The molecule has 1 aliphatic carbocycles. The molecule has 0 aromatic rings. The van der Waals surface area contributed by atoms with Crippen LogP contribution in [0.5, 0.6) is 0 Å². The lowest BCUT2D eigenvalue weighted by Gasteiger charge is -2.09. The predicted molar refractivity (Wildman–Crippen MR) is 43.4 cm³/mol. The van der Waals surface area contributed by atoms with Crippen LogP contribution in [0.25, 0.3) is 0 Å². The van der Waals surface area contributed by atoms with Gasteiger partial charge in [0.2, 0.25) is 0 Å². The van der Waals surface area contributed by atoms with Crippen LogP contribution in [0.4, 0.5) is 0 Å². The van der Waals surface area contributed by atoms with Crippen LogP contribution in [0.2, 0.25) is 0 Å². The van der Waals surface area contributed by atoms with Gasteiger partial charge < -0.3 is 5.73 Å². The van der Waals surface area contributed by atoms with E-state index in [-0.39, 0.29) is 6.04 Å². The van der Waals surface area contributed by atoms with Crippen molar-refractivity contribution in [1.82, 2.24) is 0 Å². The second-order valence-electron chi connectivity index (χ2n) is 3.16. The van der Waals surface area contributed by atoms with Crippen LogP contribution in [0.1, 0.15) is 32.1 Å². The van der Waals surface area contributed by atoms with Gasteiger partial charge in [0.1, 0.15) is 0 Å². The molecule has 0 spiro atoms. The minimum atomic E-state index is 0.00287. The van der Waals surface area contributed by atoms with Gasteiger partial charge in [-0.15, -0.1) is 6.42 Å². The summed E-state index contributed by atoms with van der Waals surface area (Å²) in [7, 11) is 0. The molecule has 1 aliphatic rings. The maximum absolute atomic E-state index is 5.62. The van der Waals surface area contributed by atoms with E-state index in [4.69, 9.17) is 12.2 Å². The molecule has 10 heavy (non-hydrogen) atoms. The molecule has 1 heteroatoms. The quantitative estimate of drug-likeness (QED) is 0.574. The molecule has 1 fully saturated rings. The Labute approximate surface area is 63.0 Å². The summed E-state index contributed by atoms with van der Waals surface area (Å²) in [5, 5.41) is 0. The van der Waals surface area contributed by atoms with Gasteiger partial charge in [0, 0.05) is 0 Å². The van der Waals surface area contributed by atoms with Gasteiger partial charge in [0.15, 0.2) is 0 Å². The standard InChI is InChI=1S/C9H15N/c1-2-9(10)7-8-5-3-4-6-8/h1,8-9H,3-7,10H2. The molecule has 0 bridgehead atoms. The molecule has 0 saturated heterocycles. The fourth-order valence-electron chi connectivity index (χ4n) is 1.67. The van der Waals surface area contributed by atoms with E-state index in [0.717, 1.165) is 12.3 Å². The lowest BCUT2D eigenvalue weighted by Crippen LogP contribution is -2.20. The lowest BCUT2D eigenvalue weighted by molar-refractivity contribution is 0.482. The molecule has 1 saturated carbocycles. The number of terminal acetylenes is 1. The minimum Gasteiger partial charge on any atom is -0.318 e. The minimum absolute atomic E-state index is 0.00287. The Balaban J connectivity index is 2.19. The van der Waals surface area contributed by atoms with E-state index in [9.17, 15) is 0 Å². The van der Waals surface area contributed by atoms with E-state index in [1.165, 1.54) is 25.7 Å². The monoisotopic (exact) mass is 137 g/mol. The molecule has 0 aromatic carbocycles. The highest BCUT2D eigenvalue weighted by Gasteiger charge is 2.16. The van der Waals surface area contributed by atoms with Gasteiger partial charge >= 0.3 is 0 Å². The molecular weight excluding hydrogens is 122 g/mol. The van der Waals surface area contributed by atoms with Crippen LogP contribution < -0.4 is 5.73 Å². The summed E-state index contributed by atoms with van der Waals surface area (Å²) in [6.07, 6.45) is 11.7. The Morgan fingerprint density at radius 2 is 2.10 bits per heavy atom. The predicted octanol–water partition coefficient (Wildman–Crippen LogP) is 1.53. The zero-order valence-corrected chi connectivity index (χ0v) is 6.34. The van der Waals surface area contributed by atoms with E-state index in [2.05, 4.69) is 5.92 Å². The summed E-state index contributed by atoms with van der Waals surface area (Å²) in [4.78, 5) is 0. The van der Waals surface area contributed by atoms with Gasteiger partial charge in [-0.2, -0.15) is 0 Å². The summed E-state index contributed by atoms with van der Waals surface area (Å²) < 4.78 is 0. The van der Waals surface area contributed by atoms with Crippen LogP contribution in [0.15, 0.2) is 0 Å². The molecule has 0 radical (unpaired) electrons. The average molecular weight is 137 g/mol. The van der Waals surface area contributed by atoms with Crippen LogP contribution in [-0.4, -0.2) is 6.04 Å². The lowest BCUT2D eigenvalue weighted by atomic mass is 9.99. The number of hydrogen-bond acceptors (Lipinski definition) is 1. The van der Waals surface area contributed by atoms with Crippen molar-refractivity contribution in [2.75, 3.05) is 0 Å². The first-order valence-corrected chi connectivity index (χ1v) is 4.04. The first-order chi connectivity index (χ1) is 4.83. The van der Waals surface area contributed by atoms with E-state index < -0.39 is 0 Å². The molecule has 1 unspecified atom stereocenters. The van der Waals surface area contributed by atoms with Crippen molar-refractivity contribution in [2.45, 2.75) is 38.1 Å². The molecule has 0 aliphatic heterocycles. The van der Waals surface area contributed by atoms with Crippen molar-refractivity contribution in [3.05, 3.63) is 0 Å². The normalized spacial score (nSPS) is 22.4. The van der Waals surface area contributed by atoms with Crippen LogP contribution in [-0.2, 0) is 0 Å². The molecule has 1 atom stereocenters. The van der Waals surface area contributed by atoms with Crippen molar-refractivity contribution in [3.63, 3.8) is 0 Å². The Morgan fingerprint density at radius 1 is 1.50 bits per heavy atom. The number of rotatable bonds is 2. The van der Waals surface area contributed by atoms with Crippen molar-refractivity contribution < 1.29 is 0 Å². The Bertz CT molecular complexity index is 128. The maximum Gasteiger partial charge on any atom is 0.0664 e. The largest absolute Gasteiger partial charge is 0.318 e. The fraction of sp³-hybridized carbons (Fsp3) is 0.778.